The molecule has 1 aliphatic carbocycles. The average molecular weight is 350 g/mol. The van der Waals surface area contributed by atoms with E-state index in [0.717, 1.165) is 31.4 Å². The van der Waals surface area contributed by atoms with Gasteiger partial charge in [-0.25, -0.2) is 8.42 Å². The van der Waals surface area contributed by atoms with E-state index in [-0.39, 0.29) is 11.9 Å². The number of hydrogen-bond donors (Lipinski definition) is 0. The lowest BCUT2D eigenvalue weighted by atomic mass is 9.86. The van der Waals surface area contributed by atoms with Crippen LogP contribution in [-0.2, 0) is 14.8 Å². The van der Waals surface area contributed by atoms with Gasteiger partial charge < -0.3 is 4.90 Å². The molecule has 2 fully saturated rings. The molecule has 3 rings (SSSR count). The van der Waals surface area contributed by atoms with Gasteiger partial charge >= 0.3 is 0 Å². The summed E-state index contributed by atoms with van der Waals surface area (Å²) in [6.45, 7) is 2.85. The standard InChI is InChI=1S/C18H26N2O3S/c1-14-6-3-4-7-17(14)19(2)24(22,23)16-11-9-15(10-12-16)20-13-5-8-18(20)21/h9-12,14,17H,3-8,13H2,1-2H3/t14-,17+/m0/s1. The predicted octanol–water partition coefficient (Wildman–Crippen LogP) is 3.01. The van der Waals surface area contributed by atoms with E-state index < -0.39 is 10.0 Å². The van der Waals surface area contributed by atoms with Crippen LogP contribution in [0.2, 0.25) is 0 Å². The molecule has 1 aromatic rings. The van der Waals surface area contributed by atoms with E-state index in [9.17, 15) is 13.2 Å². The van der Waals surface area contributed by atoms with Gasteiger partial charge in [-0.2, -0.15) is 4.31 Å². The Morgan fingerprint density at radius 1 is 1.08 bits per heavy atom. The van der Waals surface area contributed by atoms with Crippen LogP contribution in [0.4, 0.5) is 5.69 Å². The highest BCUT2D eigenvalue weighted by Gasteiger charge is 2.33. The van der Waals surface area contributed by atoms with Crippen LogP contribution in [0.5, 0.6) is 0 Å². The van der Waals surface area contributed by atoms with Gasteiger partial charge in [-0.15, -0.1) is 0 Å². The van der Waals surface area contributed by atoms with Crippen molar-refractivity contribution in [3.63, 3.8) is 0 Å². The molecule has 1 aliphatic heterocycles. The molecule has 24 heavy (non-hydrogen) atoms. The molecule has 0 aromatic heterocycles. The van der Waals surface area contributed by atoms with Gasteiger partial charge in [0.15, 0.2) is 0 Å². The number of anilines is 1. The van der Waals surface area contributed by atoms with Crippen molar-refractivity contribution in [2.45, 2.75) is 56.4 Å². The maximum atomic E-state index is 12.9. The Morgan fingerprint density at radius 2 is 1.75 bits per heavy atom. The molecule has 5 nitrogen and oxygen atoms in total. The van der Waals surface area contributed by atoms with Gasteiger partial charge in [-0.1, -0.05) is 19.8 Å². The number of carbonyl (C=O) groups is 1. The molecule has 1 heterocycles. The van der Waals surface area contributed by atoms with Crippen LogP contribution in [0.1, 0.15) is 45.4 Å². The molecule has 1 amide bonds. The lowest BCUT2D eigenvalue weighted by Crippen LogP contribution is -2.42. The predicted molar refractivity (Wildman–Crippen MR) is 94.4 cm³/mol. The van der Waals surface area contributed by atoms with Crippen molar-refractivity contribution in [2.24, 2.45) is 5.92 Å². The van der Waals surface area contributed by atoms with E-state index in [1.165, 1.54) is 6.42 Å². The lowest BCUT2D eigenvalue weighted by Gasteiger charge is -2.35. The molecule has 0 N–H and O–H groups in total. The normalized spacial score (nSPS) is 25.5. The van der Waals surface area contributed by atoms with Crippen molar-refractivity contribution in [1.82, 2.24) is 4.31 Å². The highest BCUT2D eigenvalue weighted by molar-refractivity contribution is 7.89. The van der Waals surface area contributed by atoms with E-state index in [4.69, 9.17) is 0 Å². The SMILES string of the molecule is C[C@H]1CCCC[C@H]1N(C)S(=O)(=O)c1ccc(N2CCCC2=O)cc1. The fraction of sp³-hybridized carbons (Fsp3) is 0.611. The van der Waals surface area contributed by atoms with Crippen molar-refractivity contribution in [2.75, 3.05) is 18.5 Å². The Morgan fingerprint density at radius 3 is 2.33 bits per heavy atom. The summed E-state index contributed by atoms with van der Waals surface area (Å²) in [4.78, 5) is 13.8. The fourth-order valence-corrected chi connectivity index (χ4v) is 5.38. The summed E-state index contributed by atoms with van der Waals surface area (Å²) < 4.78 is 27.4. The Balaban J connectivity index is 1.80. The van der Waals surface area contributed by atoms with Crippen LogP contribution >= 0.6 is 0 Å². The minimum Gasteiger partial charge on any atom is -0.312 e. The Labute approximate surface area is 144 Å². The zero-order valence-electron chi connectivity index (χ0n) is 14.4. The zero-order valence-corrected chi connectivity index (χ0v) is 15.3. The number of hydrogen-bond acceptors (Lipinski definition) is 3. The summed E-state index contributed by atoms with van der Waals surface area (Å²) in [6.07, 6.45) is 5.72. The van der Waals surface area contributed by atoms with Crippen LogP contribution in [0.15, 0.2) is 29.2 Å². The van der Waals surface area contributed by atoms with Gasteiger partial charge in [0.2, 0.25) is 15.9 Å². The summed E-state index contributed by atoms with van der Waals surface area (Å²) in [5, 5.41) is 0. The first-order valence-corrected chi connectivity index (χ1v) is 10.2. The Hall–Kier alpha value is -1.40. The van der Waals surface area contributed by atoms with Gasteiger partial charge in [0.05, 0.1) is 4.90 Å². The Bertz CT molecular complexity index is 699. The number of carbonyl (C=O) groups excluding carboxylic acids is 1. The maximum Gasteiger partial charge on any atom is 0.243 e. The summed E-state index contributed by atoms with van der Waals surface area (Å²) in [6, 6.07) is 6.81. The smallest absolute Gasteiger partial charge is 0.243 e. The van der Waals surface area contributed by atoms with Crippen LogP contribution in [0.3, 0.4) is 0 Å². The minimum absolute atomic E-state index is 0.0728. The van der Waals surface area contributed by atoms with Crippen molar-refractivity contribution >= 4 is 21.6 Å². The third-order valence-corrected chi connectivity index (χ3v) is 7.33. The molecular formula is C18H26N2O3S. The molecular weight excluding hydrogens is 324 g/mol. The molecule has 0 unspecified atom stereocenters. The van der Waals surface area contributed by atoms with Gasteiger partial charge in [0.1, 0.15) is 0 Å². The third-order valence-electron chi connectivity index (χ3n) is 5.43. The average Bonchev–Trinajstić information content (AvgIpc) is 3.01. The molecule has 0 spiro atoms. The van der Waals surface area contributed by atoms with Gasteiger partial charge in [0, 0.05) is 31.7 Å². The molecule has 0 bridgehead atoms. The van der Waals surface area contributed by atoms with Crippen LogP contribution in [0, 0.1) is 5.92 Å². The van der Waals surface area contributed by atoms with Crippen LogP contribution < -0.4 is 4.90 Å². The number of rotatable bonds is 4. The molecule has 0 radical (unpaired) electrons. The van der Waals surface area contributed by atoms with E-state index in [0.29, 0.717) is 23.8 Å². The van der Waals surface area contributed by atoms with E-state index in [2.05, 4.69) is 6.92 Å². The summed E-state index contributed by atoms with van der Waals surface area (Å²) in [7, 11) is -1.80. The molecule has 2 atom stereocenters. The molecule has 6 heteroatoms. The van der Waals surface area contributed by atoms with E-state index in [1.54, 1.807) is 40.5 Å². The summed E-state index contributed by atoms with van der Waals surface area (Å²) in [5.41, 5.74) is 0.783. The van der Waals surface area contributed by atoms with E-state index >= 15 is 0 Å². The second-order valence-corrected chi connectivity index (χ2v) is 8.99. The van der Waals surface area contributed by atoms with Crippen molar-refractivity contribution in [1.29, 1.82) is 0 Å². The largest absolute Gasteiger partial charge is 0.312 e. The topological polar surface area (TPSA) is 57.7 Å². The monoisotopic (exact) mass is 350 g/mol. The second kappa shape index (κ2) is 6.84. The Kier molecular flexibility index (Phi) is 4.97. The zero-order chi connectivity index (χ0) is 17.3. The van der Waals surface area contributed by atoms with Gasteiger partial charge in [0.25, 0.3) is 0 Å². The first-order chi connectivity index (χ1) is 11.4. The third kappa shape index (κ3) is 3.22. The molecule has 1 saturated heterocycles. The van der Waals surface area contributed by atoms with Gasteiger partial charge in [-0.05, 0) is 49.4 Å². The van der Waals surface area contributed by atoms with Crippen molar-refractivity contribution in [3.8, 4) is 0 Å². The number of nitrogens with zero attached hydrogens (tertiary/aromatic N) is 2. The summed E-state index contributed by atoms with van der Waals surface area (Å²) in [5.74, 6) is 0.499. The van der Waals surface area contributed by atoms with Gasteiger partial charge in [-0.3, -0.25) is 4.79 Å². The number of sulfonamides is 1. The van der Waals surface area contributed by atoms with E-state index in [1.807, 2.05) is 0 Å². The number of amides is 1. The first kappa shape index (κ1) is 17.4. The van der Waals surface area contributed by atoms with Crippen LogP contribution in [0.25, 0.3) is 0 Å². The van der Waals surface area contributed by atoms with Crippen LogP contribution in [-0.4, -0.2) is 38.3 Å². The highest BCUT2D eigenvalue weighted by atomic mass is 32.2. The molecule has 1 aromatic carbocycles. The quantitative estimate of drug-likeness (QED) is 0.839. The lowest BCUT2D eigenvalue weighted by molar-refractivity contribution is -0.117. The highest BCUT2D eigenvalue weighted by Crippen LogP contribution is 2.31. The maximum absolute atomic E-state index is 12.9. The molecule has 1 saturated carbocycles. The molecule has 2 aliphatic rings. The minimum atomic E-state index is -3.50. The van der Waals surface area contributed by atoms with Crippen molar-refractivity contribution < 1.29 is 13.2 Å². The number of benzene rings is 1. The first-order valence-electron chi connectivity index (χ1n) is 8.80. The van der Waals surface area contributed by atoms with Crippen molar-refractivity contribution in [3.05, 3.63) is 24.3 Å². The molecule has 132 valence electrons. The summed E-state index contributed by atoms with van der Waals surface area (Å²) >= 11 is 0. The second-order valence-electron chi connectivity index (χ2n) is 6.99. The fourth-order valence-electron chi connectivity index (χ4n) is 3.90.